The molecule has 0 bridgehead atoms. The largest absolute Gasteiger partial charge is 0.313 e. The fraction of sp³-hybridized carbons (Fsp3) is 0.571. The van der Waals surface area contributed by atoms with Gasteiger partial charge in [-0.15, -0.1) is 0 Å². The van der Waals surface area contributed by atoms with Gasteiger partial charge in [-0.1, -0.05) is 30.7 Å². The molecule has 0 unspecified atom stereocenters. The van der Waals surface area contributed by atoms with Crippen molar-refractivity contribution in [2.45, 2.75) is 45.6 Å². The Labute approximate surface area is 92.9 Å². The molecule has 1 aromatic carbocycles. The third-order valence-corrected chi connectivity index (χ3v) is 3.06. The van der Waals surface area contributed by atoms with E-state index in [0.717, 1.165) is 19.0 Å². The summed E-state index contributed by atoms with van der Waals surface area (Å²) in [5.74, 6) is 0.864. The summed E-state index contributed by atoms with van der Waals surface area (Å²) in [4.78, 5) is 0. The first-order valence-corrected chi connectivity index (χ1v) is 6.11. The standard InChI is InChI=1S/C14H21N/c1-3-8-15-10-13-5-4-11(2)9-14(13)12-6-7-12/h4-5,9,12,15H,3,6-8,10H2,1-2H3. The molecule has 0 atom stereocenters. The molecular weight excluding hydrogens is 182 g/mol. The quantitative estimate of drug-likeness (QED) is 0.723. The molecule has 1 aromatic rings. The molecule has 0 amide bonds. The summed E-state index contributed by atoms with van der Waals surface area (Å²) >= 11 is 0. The van der Waals surface area contributed by atoms with Crippen molar-refractivity contribution in [1.82, 2.24) is 5.32 Å². The number of hydrogen-bond donors (Lipinski definition) is 1. The lowest BCUT2D eigenvalue weighted by atomic mass is 10.0. The monoisotopic (exact) mass is 203 g/mol. The molecule has 1 saturated carbocycles. The fourth-order valence-electron chi connectivity index (χ4n) is 2.05. The lowest BCUT2D eigenvalue weighted by molar-refractivity contribution is 0.671. The SMILES string of the molecule is CCCNCc1ccc(C)cc1C1CC1. The van der Waals surface area contributed by atoms with Gasteiger partial charge in [-0.2, -0.15) is 0 Å². The third-order valence-electron chi connectivity index (χ3n) is 3.06. The van der Waals surface area contributed by atoms with Crippen molar-refractivity contribution >= 4 is 0 Å². The van der Waals surface area contributed by atoms with Gasteiger partial charge in [0.1, 0.15) is 0 Å². The van der Waals surface area contributed by atoms with E-state index in [2.05, 4.69) is 37.4 Å². The third kappa shape index (κ3) is 2.82. The lowest BCUT2D eigenvalue weighted by Crippen LogP contribution is -2.15. The van der Waals surface area contributed by atoms with Crippen LogP contribution in [0.25, 0.3) is 0 Å². The molecule has 1 N–H and O–H groups in total. The Hall–Kier alpha value is -0.820. The van der Waals surface area contributed by atoms with Gasteiger partial charge in [0.25, 0.3) is 0 Å². The Kier molecular flexibility index (Phi) is 3.42. The molecule has 15 heavy (non-hydrogen) atoms. The Balaban J connectivity index is 2.07. The van der Waals surface area contributed by atoms with Gasteiger partial charge >= 0.3 is 0 Å². The van der Waals surface area contributed by atoms with Gasteiger partial charge in [0, 0.05) is 6.54 Å². The zero-order valence-electron chi connectivity index (χ0n) is 9.84. The van der Waals surface area contributed by atoms with E-state index in [1.54, 1.807) is 5.56 Å². The summed E-state index contributed by atoms with van der Waals surface area (Å²) in [7, 11) is 0. The van der Waals surface area contributed by atoms with Crippen molar-refractivity contribution in [3.63, 3.8) is 0 Å². The van der Waals surface area contributed by atoms with Crippen molar-refractivity contribution < 1.29 is 0 Å². The highest BCUT2D eigenvalue weighted by molar-refractivity contribution is 5.36. The lowest BCUT2D eigenvalue weighted by Gasteiger charge is -2.10. The van der Waals surface area contributed by atoms with E-state index in [1.165, 1.54) is 30.4 Å². The Morgan fingerprint density at radius 1 is 1.33 bits per heavy atom. The van der Waals surface area contributed by atoms with Gasteiger partial charge in [0.05, 0.1) is 0 Å². The van der Waals surface area contributed by atoms with Crippen LogP contribution in [0, 0.1) is 6.92 Å². The Morgan fingerprint density at radius 2 is 2.13 bits per heavy atom. The summed E-state index contributed by atoms with van der Waals surface area (Å²) < 4.78 is 0. The number of nitrogens with one attached hydrogen (secondary N) is 1. The van der Waals surface area contributed by atoms with Crippen LogP contribution in [0.5, 0.6) is 0 Å². The van der Waals surface area contributed by atoms with Crippen LogP contribution in [-0.2, 0) is 6.54 Å². The molecule has 82 valence electrons. The van der Waals surface area contributed by atoms with Crippen LogP contribution in [0.1, 0.15) is 48.8 Å². The molecule has 0 aromatic heterocycles. The van der Waals surface area contributed by atoms with Crippen LogP contribution in [0.2, 0.25) is 0 Å². The van der Waals surface area contributed by atoms with Crippen LogP contribution in [0.4, 0.5) is 0 Å². The van der Waals surface area contributed by atoms with Crippen molar-refractivity contribution in [2.24, 2.45) is 0 Å². The molecule has 0 spiro atoms. The fourth-order valence-corrected chi connectivity index (χ4v) is 2.05. The summed E-state index contributed by atoms with van der Waals surface area (Å²) in [5, 5.41) is 3.49. The van der Waals surface area contributed by atoms with Crippen LogP contribution >= 0.6 is 0 Å². The first-order valence-electron chi connectivity index (χ1n) is 6.11. The second kappa shape index (κ2) is 4.80. The van der Waals surface area contributed by atoms with E-state index in [4.69, 9.17) is 0 Å². The minimum atomic E-state index is 0.864. The molecule has 1 fully saturated rings. The highest BCUT2D eigenvalue weighted by atomic mass is 14.8. The highest BCUT2D eigenvalue weighted by Gasteiger charge is 2.25. The predicted octanol–water partition coefficient (Wildman–Crippen LogP) is 3.37. The molecule has 1 aliphatic carbocycles. The summed E-state index contributed by atoms with van der Waals surface area (Å²) in [6.07, 6.45) is 4.00. The van der Waals surface area contributed by atoms with Gasteiger partial charge in [-0.3, -0.25) is 0 Å². The molecule has 1 nitrogen and oxygen atoms in total. The summed E-state index contributed by atoms with van der Waals surface area (Å²) in [6.45, 7) is 6.57. The molecule has 0 aliphatic heterocycles. The van der Waals surface area contributed by atoms with Gasteiger partial charge in [0.2, 0.25) is 0 Å². The van der Waals surface area contributed by atoms with Gasteiger partial charge in [-0.25, -0.2) is 0 Å². The maximum Gasteiger partial charge on any atom is 0.0208 e. The molecule has 1 aliphatic rings. The average Bonchev–Trinajstić information content (AvgIpc) is 3.04. The predicted molar refractivity (Wildman–Crippen MR) is 65.2 cm³/mol. The zero-order valence-corrected chi connectivity index (χ0v) is 9.84. The molecule has 1 heteroatoms. The Bertz CT molecular complexity index is 326. The van der Waals surface area contributed by atoms with E-state index in [-0.39, 0.29) is 0 Å². The van der Waals surface area contributed by atoms with E-state index in [0.29, 0.717) is 0 Å². The van der Waals surface area contributed by atoms with Crippen molar-refractivity contribution in [3.05, 3.63) is 34.9 Å². The second-order valence-electron chi connectivity index (χ2n) is 4.65. The number of hydrogen-bond acceptors (Lipinski definition) is 1. The van der Waals surface area contributed by atoms with Crippen molar-refractivity contribution in [3.8, 4) is 0 Å². The van der Waals surface area contributed by atoms with Gasteiger partial charge in [-0.05, 0) is 49.8 Å². The number of rotatable bonds is 5. The molecule has 0 radical (unpaired) electrons. The highest BCUT2D eigenvalue weighted by Crippen LogP contribution is 2.41. The molecular formula is C14H21N. The minimum absolute atomic E-state index is 0.864. The van der Waals surface area contributed by atoms with Crippen LogP contribution in [-0.4, -0.2) is 6.54 Å². The topological polar surface area (TPSA) is 12.0 Å². The van der Waals surface area contributed by atoms with E-state index < -0.39 is 0 Å². The van der Waals surface area contributed by atoms with Crippen LogP contribution < -0.4 is 5.32 Å². The molecule has 0 saturated heterocycles. The zero-order chi connectivity index (χ0) is 10.7. The van der Waals surface area contributed by atoms with E-state index in [9.17, 15) is 0 Å². The molecule has 0 heterocycles. The average molecular weight is 203 g/mol. The van der Waals surface area contributed by atoms with E-state index in [1.807, 2.05) is 0 Å². The van der Waals surface area contributed by atoms with Crippen molar-refractivity contribution in [2.75, 3.05) is 6.54 Å². The van der Waals surface area contributed by atoms with Crippen molar-refractivity contribution in [1.29, 1.82) is 0 Å². The van der Waals surface area contributed by atoms with Gasteiger partial charge in [0.15, 0.2) is 0 Å². The number of aryl methyl sites for hydroxylation is 1. The maximum absolute atomic E-state index is 3.49. The first-order chi connectivity index (χ1) is 7.31. The summed E-state index contributed by atoms with van der Waals surface area (Å²) in [6, 6.07) is 6.90. The van der Waals surface area contributed by atoms with Crippen LogP contribution in [0.3, 0.4) is 0 Å². The Morgan fingerprint density at radius 3 is 2.80 bits per heavy atom. The normalized spacial score (nSPS) is 15.6. The smallest absolute Gasteiger partial charge is 0.0208 e. The first kappa shape index (κ1) is 10.7. The number of benzene rings is 1. The van der Waals surface area contributed by atoms with E-state index >= 15 is 0 Å². The maximum atomic E-state index is 3.49. The van der Waals surface area contributed by atoms with Crippen LogP contribution in [0.15, 0.2) is 18.2 Å². The van der Waals surface area contributed by atoms with Gasteiger partial charge < -0.3 is 5.32 Å². The second-order valence-corrected chi connectivity index (χ2v) is 4.65. The summed E-state index contributed by atoms with van der Waals surface area (Å²) in [5.41, 5.74) is 4.51. The molecule has 2 rings (SSSR count). The minimum Gasteiger partial charge on any atom is -0.313 e.